The number of hydrogen-bond acceptors (Lipinski definition) is 8. The van der Waals surface area contributed by atoms with Gasteiger partial charge in [0.25, 0.3) is 0 Å². The van der Waals surface area contributed by atoms with Gasteiger partial charge in [-0.05, 0) is 46.9 Å². The minimum Gasteiger partial charge on any atom is -0.475 e. The van der Waals surface area contributed by atoms with Gasteiger partial charge in [0.1, 0.15) is 20.3 Å². The van der Waals surface area contributed by atoms with Crippen LogP contribution in [-0.2, 0) is 25.8 Å². The van der Waals surface area contributed by atoms with E-state index in [1.807, 2.05) is 0 Å². The van der Waals surface area contributed by atoms with Crippen LogP contribution in [0.4, 0.5) is 13.2 Å². The average Bonchev–Trinajstić information content (AvgIpc) is 3.53. The van der Waals surface area contributed by atoms with E-state index in [1.54, 1.807) is 11.9 Å². The van der Waals surface area contributed by atoms with Gasteiger partial charge in [-0.2, -0.15) is 13.2 Å². The normalized spacial score (nSPS) is 13.2. The lowest BCUT2D eigenvalue weighted by Crippen LogP contribution is -2.30. The number of hydrogen-bond donors (Lipinski definition) is 3. The second kappa shape index (κ2) is 15.0. The van der Waals surface area contributed by atoms with Gasteiger partial charge in [-0.15, -0.1) is 11.3 Å². The maximum Gasteiger partial charge on any atom is 0.490 e. The third-order valence-electron chi connectivity index (χ3n) is 5.27. The lowest BCUT2D eigenvalue weighted by Gasteiger charge is -2.17. The number of rotatable bonds is 11. The second-order valence-corrected chi connectivity index (χ2v) is 13.0. The molecule has 0 fully saturated rings. The van der Waals surface area contributed by atoms with Crippen molar-refractivity contribution in [1.29, 1.82) is 0 Å². The molecule has 2 aromatic rings. The number of aliphatic imine (C=N–C) groups is 1. The van der Waals surface area contributed by atoms with Crippen molar-refractivity contribution in [2.24, 2.45) is 4.99 Å². The largest absolute Gasteiger partial charge is 0.490 e. The van der Waals surface area contributed by atoms with Gasteiger partial charge in [-0.3, -0.25) is 9.79 Å². The fraction of sp³-hybridized carbons (Fsp3) is 0.435. The standard InChI is InChI=1S/C21H26BrClN4O3S2.C2HF3O2/c1-27(12-8-15-4-6-16(7-5-15)21-25-10-11-26-21)18(28)3-2-9-24-14-32(29,30)19-13-17(22)20(23)31-19;3-2(4,5)1(6)7/h4-7,13,24H,2-3,8-12,14H2,1H3,(H,25,26);(H,6,7). The summed E-state index contributed by atoms with van der Waals surface area (Å²) in [5, 5.41) is 13.3. The monoisotopic (exact) mass is 674 g/mol. The number of amides is 1. The van der Waals surface area contributed by atoms with Crippen molar-refractivity contribution in [3.63, 3.8) is 0 Å². The highest BCUT2D eigenvalue weighted by molar-refractivity contribution is 9.10. The Labute approximate surface area is 241 Å². The number of alkyl halides is 3. The first-order valence-corrected chi connectivity index (χ1v) is 15.1. The molecule has 0 spiro atoms. The molecule has 1 aliphatic rings. The molecule has 216 valence electrons. The fourth-order valence-electron chi connectivity index (χ4n) is 3.16. The molecule has 0 saturated carbocycles. The summed E-state index contributed by atoms with van der Waals surface area (Å²) in [6, 6.07) is 9.75. The smallest absolute Gasteiger partial charge is 0.475 e. The Kier molecular flexibility index (Phi) is 12.7. The Hall–Kier alpha value is -2.20. The van der Waals surface area contributed by atoms with E-state index in [2.05, 4.69) is 55.8 Å². The average molecular weight is 676 g/mol. The third kappa shape index (κ3) is 11.1. The number of nitrogens with zero attached hydrogens (tertiary/aromatic N) is 2. The Morgan fingerprint density at radius 2 is 1.92 bits per heavy atom. The van der Waals surface area contributed by atoms with Crippen molar-refractivity contribution in [3.05, 3.63) is 50.3 Å². The van der Waals surface area contributed by atoms with Crippen LogP contribution in [-0.4, -0.2) is 81.4 Å². The molecular formula is C23H27BrClF3N4O5S2. The van der Waals surface area contributed by atoms with Crippen LogP contribution in [0.2, 0.25) is 4.34 Å². The summed E-state index contributed by atoms with van der Waals surface area (Å²) >= 11 is 10.2. The molecule has 1 aliphatic heterocycles. The summed E-state index contributed by atoms with van der Waals surface area (Å²) in [7, 11) is -1.64. The Balaban J connectivity index is 0.000000673. The topological polar surface area (TPSA) is 128 Å². The van der Waals surface area contributed by atoms with Crippen molar-refractivity contribution in [2.45, 2.75) is 29.6 Å². The number of thiophene rings is 1. The summed E-state index contributed by atoms with van der Waals surface area (Å²) in [4.78, 5) is 27.4. The van der Waals surface area contributed by atoms with Crippen LogP contribution < -0.4 is 10.6 Å². The minimum atomic E-state index is -5.08. The maximum atomic E-state index is 12.4. The van der Waals surface area contributed by atoms with Gasteiger partial charge in [0.05, 0.1) is 6.54 Å². The van der Waals surface area contributed by atoms with Gasteiger partial charge >= 0.3 is 12.1 Å². The molecule has 1 aromatic carbocycles. The zero-order chi connectivity index (χ0) is 29.2. The lowest BCUT2D eigenvalue weighted by molar-refractivity contribution is -0.192. The number of carboxylic acids is 1. The van der Waals surface area contributed by atoms with Gasteiger partial charge in [-0.25, -0.2) is 13.2 Å². The van der Waals surface area contributed by atoms with E-state index in [0.29, 0.717) is 34.7 Å². The summed E-state index contributed by atoms with van der Waals surface area (Å²) in [6.45, 7) is 2.78. The molecule has 3 rings (SSSR count). The van der Waals surface area contributed by atoms with Crippen molar-refractivity contribution in [1.82, 2.24) is 15.5 Å². The van der Waals surface area contributed by atoms with Crippen LogP contribution in [0, 0.1) is 0 Å². The molecule has 0 radical (unpaired) electrons. The number of carboxylic acid groups (broad SMARTS) is 1. The lowest BCUT2D eigenvalue weighted by atomic mass is 10.1. The van der Waals surface area contributed by atoms with E-state index in [4.69, 9.17) is 21.5 Å². The molecule has 39 heavy (non-hydrogen) atoms. The van der Waals surface area contributed by atoms with Crippen LogP contribution in [0.3, 0.4) is 0 Å². The summed E-state index contributed by atoms with van der Waals surface area (Å²) in [6.07, 6.45) is -3.38. The molecule has 0 bridgehead atoms. The molecule has 3 N–H and O–H groups in total. The predicted molar refractivity (Wildman–Crippen MR) is 147 cm³/mol. The Morgan fingerprint density at radius 3 is 2.44 bits per heavy atom. The van der Waals surface area contributed by atoms with E-state index in [0.717, 1.165) is 42.2 Å². The molecule has 9 nitrogen and oxygen atoms in total. The molecule has 0 unspecified atom stereocenters. The molecule has 0 aliphatic carbocycles. The number of halogens is 5. The zero-order valence-electron chi connectivity index (χ0n) is 20.7. The summed E-state index contributed by atoms with van der Waals surface area (Å²) < 4.78 is 57.5. The van der Waals surface area contributed by atoms with E-state index >= 15 is 0 Å². The number of likely N-dealkylation sites (N-methyl/N-ethyl adjacent to an activating group) is 1. The maximum absolute atomic E-state index is 12.4. The number of amidine groups is 1. The minimum absolute atomic E-state index is 0.0461. The van der Waals surface area contributed by atoms with E-state index in [-0.39, 0.29) is 16.0 Å². The number of nitrogens with one attached hydrogen (secondary N) is 2. The van der Waals surface area contributed by atoms with Gasteiger partial charge < -0.3 is 20.6 Å². The van der Waals surface area contributed by atoms with Gasteiger partial charge in [0.2, 0.25) is 15.7 Å². The van der Waals surface area contributed by atoms with Crippen molar-refractivity contribution < 1.29 is 36.3 Å². The van der Waals surface area contributed by atoms with Crippen molar-refractivity contribution in [3.8, 4) is 0 Å². The van der Waals surface area contributed by atoms with Crippen LogP contribution in [0.1, 0.15) is 24.0 Å². The van der Waals surface area contributed by atoms with Gasteiger partial charge in [0, 0.05) is 36.6 Å². The summed E-state index contributed by atoms with van der Waals surface area (Å²) in [5.41, 5.74) is 2.25. The number of aliphatic carboxylic acids is 1. The van der Waals surface area contributed by atoms with E-state index in [9.17, 15) is 26.4 Å². The first kappa shape index (κ1) is 33.0. The van der Waals surface area contributed by atoms with Crippen LogP contribution in [0.5, 0.6) is 0 Å². The molecule has 0 saturated heterocycles. The predicted octanol–water partition coefficient (Wildman–Crippen LogP) is 3.95. The molecule has 2 heterocycles. The second-order valence-electron chi connectivity index (χ2n) is 8.27. The van der Waals surface area contributed by atoms with Crippen LogP contribution in [0.15, 0.2) is 44.0 Å². The number of carbonyl (C=O) groups is 2. The van der Waals surface area contributed by atoms with Crippen LogP contribution in [0.25, 0.3) is 0 Å². The van der Waals surface area contributed by atoms with E-state index in [1.165, 1.54) is 11.6 Å². The zero-order valence-corrected chi connectivity index (χ0v) is 24.7. The molecule has 1 aromatic heterocycles. The first-order valence-electron chi connectivity index (χ1n) is 11.5. The fourth-order valence-corrected chi connectivity index (χ4v) is 6.67. The van der Waals surface area contributed by atoms with Crippen molar-refractivity contribution in [2.75, 3.05) is 39.1 Å². The van der Waals surface area contributed by atoms with Crippen LogP contribution >= 0.6 is 38.9 Å². The molecule has 1 amide bonds. The van der Waals surface area contributed by atoms with Gasteiger partial charge in [0.15, 0.2) is 0 Å². The first-order chi connectivity index (χ1) is 18.2. The van der Waals surface area contributed by atoms with E-state index < -0.39 is 22.0 Å². The Bertz CT molecular complexity index is 1250. The quantitative estimate of drug-likeness (QED) is 0.308. The summed E-state index contributed by atoms with van der Waals surface area (Å²) in [5.74, 6) is -1.95. The number of carbonyl (C=O) groups excluding carboxylic acids is 1. The molecule has 16 heteroatoms. The highest BCUT2D eigenvalue weighted by Gasteiger charge is 2.38. The SMILES string of the molecule is CN(CCc1ccc(C2=NCCN2)cc1)C(=O)CCCNCS(=O)(=O)c1cc(Br)c(Cl)s1.O=C(O)C(F)(F)F. The highest BCUT2D eigenvalue weighted by Crippen LogP contribution is 2.34. The third-order valence-corrected chi connectivity index (χ3v) is 9.87. The van der Waals surface area contributed by atoms with Crippen molar-refractivity contribution >= 4 is 66.4 Å². The number of sulfone groups is 1. The number of benzene rings is 1. The Morgan fingerprint density at radius 1 is 1.28 bits per heavy atom. The molecular weight excluding hydrogens is 649 g/mol. The molecule has 0 atom stereocenters. The van der Waals surface area contributed by atoms with Gasteiger partial charge in [-0.1, -0.05) is 35.9 Å². The highest BCUT2D eigenvalue weighted by atomic mass is 79.9.